The number of aromatic hydroxyl groups is 1. The lowest BCUT2D eigenvalue weighted by molar-refractivity contribution is 0.102. The largest absolute Gasteiger partial charge is 0.508 e. The lowest BCUT2D eigenvalue weighted by Gasteiger charge is -2.02. The Morgan fingerprint density at radius 2 is 2.24 bits per heavy atom. The number of hydrogen-bond donors (Lipinski definition) is 2. The van der Waals surface area contributed by atoms with Crippen LogP contribution in [-0.2, 0) is 0 Å². The predicted octanol–water partition coefficient (Wildman–Crippen LogP) is 1.48. The molecule has 6 nitrogen and oxygen atoms in total. The maximum Gasteiger partial charge on any atom is 0.322 e. The third-order valence-corrected chi connectivity index (χ3v) is 1.94. The van der Waals surface area contributed by atoms with Gasteiger partial charge in [-0.25, -0.2) is 4.39 Å². The Morgan fingerprint density at radius 1 is 1.47 bits per heavy atom. The highest BCUT2D eigenvalue weighted by Crippen LogP contribution is 2.16. The van der Waals surface area contributed by atoms with E-state index in [1.807, 2.05) is 0 Å². The van der Waals surface area contributed by atoms with Gasteiger partial charge in [0.1, 0.15) is 11.6 Å². The highest BCUT2D eigenvalue weighted by molar-refractivity contribution is 6.03. The van der Waals surface area contributed by atoms with E-state index in [1.54, 1.807) is 6.92 Å². The monoisotopic (exact) mass is 237 g/mol. The van der Waals surface area contributed by atoms with Gasteiger partial charge in [-0.15, -0.1) is 5.10 Å². The van der Waals surface area contributed by atoms with E-state index < -0.39 is 11.7 Å². The fourth-order valence-electron chi connectivity index (χ4n) is 1.20. The summed E-state index contributed by atoms with van der Waals surface area (Å²) in [6.45, 7) is 1.56. The van der Waals surface area contributed by atoms with E-state index in [2.05, 4.69) is 15.5 Å². The Balaban J connectivity index is 2.20. The van der Waals surface area contributed by atoms with Gasteiger partial charge in [0.15, 0.2) is 0 Å². The molecule has 1 aromatic heterocycles. The van der Waals surface area contributed by atoms with Crippen molar-refractivity contribution < 1.29 is 18.7 Å². The molecule has 0 fully saturated rings. The first kappa shape index (κ1) is 11.1. The van der Waals surface area contributed by atoms with E-state index in [0.717, 1.165) is 12.1 Å². The van der Waals surface area contributed by atoms with Gasteiger partial charge < -0.3 is 9.52 Å². The molecule has 2 rings (SSSR count). The highest BCUT2D eigenvalue weighted by atomic mass is 19.1. The molecule has 1 aromatic carbocycles. The van der Waals surface area contributed by atoms with Crippen LogP contribution in [0.25, 0.3) is 0 Å². The molecule has 1 heterocycles. The zero-order valence-electron chi connectivity index (χ0n) is 8.77. The molecular weight excluding hydrogens is 229 g/mol. The number of rotatable bonds is 2. The van der Waals surface area contributed by atoms with E-state index in [0.29, 0.717) is 0 Å². The second kappa shape index (κ2) is 4.20. The maximum absolute atomic E-state index is 13.3. The molecule has 17 heavy (non-hydrogen) atoms. The van der Waals surface area contributed by atoms with Gasteiger partial charge in [-0.2, -0.15) is 0 Å². The summed E-state index contributed by atoms with van der Waals surface area (Å²) in [5.41, 5.74) is -0.223. The molecule has 0 radical (unpaired) electrons. The number of phenolic OH excluding ortho intramolecular Hbond substituents is 1. The van der Waals surface area contributed by atoms with Gasteiger partial charge in [-0.05, 0) is 12.1 Å². The van der Waals surface area contributed by atoms with Crippen molar-refractivity contribution >= 4 is 11.9 Å². The number of carbonyl (C=O) groups is 1. The van der Waals surface area contributed by atoms with Crippen molar-refractivity contribution in [2.24, 2.45) is 0 Å². The summed E-state index contributed by atoms with van der Waals surface area (Å²) >= 11 is 0. The summed E-state index contributed by atoms with van der Waals surface area (Å²) in [6.07, 6.45) is 0. The lowest BCUT2D eigenvalue weighted by atomic mass is 10.2. The standard InChI is InChI=1S/C10H8FN3O3/c1-5-13-14-10(17-5)12-9(16)7-3-2-6(15)4-8(7)11/h2-4,15H,1H3,(H,12,14,16). The molecule has 0 saturated heterocycles. The number of anilines is 1. The third-order valence-electron chi connectivity index (χ3n) is 1.94. The van der Waals surface area contributed by atoms with E-state index >= 15 is 0 Å². The Morgan fingerprint density at radius 3 is 2.82 bits per heavy atom. The Labute approximate surface area is 95.1 Å². The number of hydrogen-bond acceptors (Lipinski definition) is 5. The number of carbonyl (C=O) groups excluding carboxylic acids is 1. The lowest BCUT2D eigenvalue weighted by Crippen LogP contribution is -2.13. The first-order valence-electron chi connectivity index (χ1n) is 4.66. The number of halogens is 1. The molecule has 0 aliphatic carbocycles. The molecule has 2 N–H and O–H groups in total. The third kappa shape index (κ3) is 2.39. The smallest absolute Gasteiger partial charge is 0.322 e. The fraction of sp³-hybridized carbons (Fsp3) is 0.100. The molecule has 1 amide bonds. The summed E-state index contributed by atoms with van der Waals surface area (Å²) in [5.74, 6) is -1.54. The molecule has 0 aliphatic rings. The molecular formula is C10H8FN3O3. The number of nitrogens with one attached hydrogen (secondary N) is 1. The van der Waals surface area contributed by atoms with Crippen LogP contribution >= 0.6 is 0 Å². The second-order valence-corrected chi connectivity index (χ2v) is 3.24. The maximum atomic E-state index is 13.3. The van der Waals surface area contributed by atoms with E-state index in [-0.39, 0.29) is 23.2 Å². The van der Waals surface area contributed by atoms with E-state index in [9.17, 15) is 9.18 Å². The average molecular weight is 237 g/mol. The fourth-order valence-corrected chi connectivity index (χ4v) is 1.20. The molecule has 0 saturated carbocycles. The molecule has 2 aromatic rings. The molecule has 88 valence electrons. The SMILES string of the molecule is Cc1nnc(NC(=O)c2ccc(O)cc2F)o1. The van der Waals surface area contributed by atoms with Gasteiger partial charge in [0.25, 0.3) is 5.91 Å². The Hall–Kier alpha value is -2.44. The van der Waals surface area contributed by atoms with Gasteiger partial charge in [0.2, 0.25) is 5.89 Å². The van der Waals surface area contributed by atoms with Crippen LogP contribution in [0.3, 0.4) is 0 Å². The van der Waals surface area contributed by atoms with Gasteiger partial charge in [-0.3, -0.25) is 10.1 Å². The van der Waals surface area contributed by atoms with Crippen molar-refractivity contribution in [2.45, 2.75) is 6.92 Å². The Kier molecular flexibility index (Phi) is 2.73. The molecule has 0 bridgehead atoms. The van der Waals surface area contributed by atoms with Crippen molar-refractivity contribution in [1.29, 1.82) is 0 Å². The summed E-state index contributed by atoms with van der Waals surface area (Å²) in [7, 11) is 0. The van der Waals surface area contributed by atoms with Crippen molar-refractivity contribution in [1.82, 2.24) is 10.2 Å². The van der Waals surface area contributed by atoms with Crippen molar-refractivity contribution in [3.63, 3.8) is 0 Å². The first-order chi connectivity index (χ1) is 8.06. The Bertz CT molecular complexity index is 568. The van der Waals surface area contributed by atoms with Crippen LogP contribution in [0, 0.1) is 12.7 Å². The van der Waals surface area contributed by atoms with Gasteiger partial charge in [0.05, 0.1) is 5.56 Å². The summed E-state index contributed by atoms with van der Waals surface area (Å²) < 4.78 is 18.2. The molecule has 0 spiro atoms. The number of aryl methyl sites for hydroxylation is 1. The number of nitrogens with zero attached hydrogens (tertiary/aromatic N) is 2. The van der Waals surface area contributed by atoms with Crippen LogP contribution < -0.4 is 5.32 Å². The number of amides is 1. The van der Waals surface area contributed by atoms with Crippen LogP contribution in [0.2, 0.25) is 0 Å². The van der Waals surface area contributed by atoms with Crippen molar-refractivity contribution in [2.75, 3.05) is 5.32 Å². The van der Waals surface area contributed by atoms with Crippen molar-refractivity contribution in [3.8, 4) is 5.75 Å². The number of phenols is 1. The van der Waals surface area contributed by atoms with Crippen LogP contribution in [0.4, 0.5) is 10.4 Å². The van der Waals surface area contributed by atoms with E-state index in [4.69, 9.17) is 9.52 Å². The molecule has 0 atom stereocenters. The quantitative estimate of drug-likeness (QED) is 0.825. The van der Waals surface area contributed by atoms with Crippen LogP contribution in [0.5, 0.6) is 5.75 Å². The minimum atomic E-state index is -0.835. The second-order valence-electron chi connectivity index (χ2n) is 3.24. The minimum absolute atomic E-state index is 0.111. The average Bonchev–Trinajstić information content (AvgIpc) is 2.63. The summed E-state index contributed by atoms with van der Waals surface area (Å²) in [4.78, 5) is 11.6. The van der Waals surface area contributed by atoms with Gasteiger partial charge in [-0.1, -0.05) is 5.10 Å². The number of aromatic nitrogens is 2. The minimum Gasteiger partial charge on any atom is -0.508 e. The number of benzene rings is 1. The van der Waals surface area contributed by atoms with Crippen LogP contribution in [0.15, 0.2) is 22.6 Å². The topological polar surface area (TPSA) is 88.2 Å². The summed E-state index contributed by atoms with van der Waals surface area (Å²) in [5, 5.41) is 18.3. The van der Waals surface area contributed by atoms with Gasteiger partial charge in [0, 0.05) is 13.0 Å². The predicted molar refractivity (Wildman–Crippen MR) is 55.1 cm³/mol. The summed E-state index contributed by atoms with van der Waals surface area (Å²) in [6, 6.07) is 3.09. The van der Waals surface area contributed by atoms with Crippen LogP contribution in [0.1, 0.15) is 16.2 Å². The van der Waals surface area contributed by atoms with Crippen LogP contribution in [-0.4, -0.2) is 21.2 Å². The zero-order valence-corrected chi connectivity index (χ0v) is 8.77. The molecule has 0 aliphatic heterocycles. The van der Waals surface area contributed by atoms with Gasteiger partial charge >= 0.3 is 6.01 Å². The zero-order chi connectivity index (χ0) is 12.4. The van der Waals surface area contributed by atoms with Crippen molar-refractivity contribution in [3.05, 3.63) is 35.5 Å². The first-order valence-corrected chi connectivity index (χ1v) is 4.66. The van der Waals surface area contributed by atoms with E-state index in [1.165, 1.54) is 6.07 Å². The molecule has 0 unspecified atom stereocenters. The highest BCUT2D eigenvalue weighted by Gasteiger charge is 2.14. The normalized spacial score (nSPS) is 10.2. The molecule has 7 heteroatoms.